The van der Waals surface area contributed by atoms with Crippen LogP contribution in [-0.4, -0.2) is 25.8 Å². The molecule has 0 spiro atoms. The molecule has 0 aliphatic carbocycles. The van der Waals surface area contributed by atoms with Crippen LogP contribution in [0.1, 0.15) is 19.4 Å². The summed E-state index contributed by atoms with van der Waals surface area (Å²) in [5.74, 6) is 0.747. The Hall–Kier alpha value is -2.61. The number of aromatic nitrogens is 4. The molecular formula is C20H23BrN4O3. The second-order valence-corrected chi connectivity index (χ2v) is 7.55. The van der Waals surface area contributed by atoms with Crippen LogP contribution in [0.3, 0.4) is 0 Å². The van der Waals surface area contributed by atoms with Crippen LogP contribution in [0, 0.1) is 0 Å². The molecule has 2 aromatic heterocycles. The molecule has 8 heteroatoms. The first-order valence-corrected chi connectivity index (χ1v) is 9.74. The maximum absolute atomic E-state index is 13.1. The molecule has 0 atom stereocenters. The van der Waals surface area contributed by atoms with Crippen molar-refractivity contribution in [1.29, 1.82) is 0 Å². The maximum atomic E-state index is 13.1. The van der Waals surface area contributed by atoms with Gasteiger partial charge in [0.15, 0.2) is 15.9 Å². The van der Waals surface area contributed by atoms with Crippen molar-refractivity contribution in [3.8, 4) is 5.75 Å². The van der Waals surface area contributed by atoms with Crippen LogP contribution in [0.4, 0.5) is 0 Å². The van der Waals surface area contributed by atoms with E-state index in [4.69, 9.17) is 4.74 Å². The standard InChI is InChI=1S/C20H23BrN4O3/c1-13(2)8-10-24-16-17(22-19(24)21)23(3)20(27)25(18(16)26)11-9-14-6-5-7-15(12-14)28-4/h5-8,12H,9-11H2,1-4H3. The SMILES string of the molecule is COc1cccc(CCn2c(=O)c3c(nc(Br)n3CC=C(C)C)n(C)c2=O)c1. The van der Waals surface area contributed by atoms with Gasteiger partial charge in [0.2, 0.25) is 0 Å². The highest BCUT2D eigenvalue weighted by Gasteiger charge is 2.18. The van der Waals surface area contributed by atoms with Crippen LogP contribution in [0.5, 0.6) is 5.75 Å². The van der Waals surface area contributed by atoms with Crippen molar-refractivity contribution in [1.82, 2.24) is 18.7 Å². The molecule has 3 rings (SSSR count). The summed E-state index contributed by atoms with van der Waals surface area (Å²) in [5.41, 5.74) is 2.21. The molecule has 0 saturated carbocycles. The normalized spacial score (nSPS) is 11.0. The van der Waals surface area contributed by atoms with E-state index in [1.165, 1.54) is 9.13 Å². The maximum Gasteiger partial charge on any atom is 0.332 e. The number of halogens is 1. The van der Waals surface area contributed by atoms with Gasteiger partial charge < -0.3 is 9.30 Å². The highest BCUT2D eigenvalue weighted by molar-refractivity contribution is 9.10. The van der Waals surface area contributed by atoms with Gasteiger partial charge in [-0.3, -0.25) is 13.9 Å². The number of hydrogen-bond acceptors (Lipinski definition) is 4. The van der Waals surface area contributed by atoms with E-state index in [1.54, 1.807) is 18.7 Å². The monoisotopic (exact) mass is 446 g/mol. The van der Waals surface area contributed by atoms with Gasteiger partial charge in [0.1, 0.15) is 5.75 Å². The van der Waals surface area contributed by atoms with Crippen LogP contribution in [0.25, 0.3) is 11.2 Å². The number of aryl methyl sites for hydroxylation is 2. The minimum Gasteiger partial charge on any atom is -0.497 e. The van der Waals surface area contributed by atoms with Crippen molar-refractivity contribution in [3.63, 3.8) is 0 Å². The molecule has 28 heavy (non-hydrogen) atoms. The van der Waals surface area contributed by atoms with E-state index >= 15 is 0 Å². The molecule has 2 heterocycles. The summed E-state index contributed by atoms with van der Waals surface area (Å²) in [7, 11) is 3.25. The Kier molecular flexibility index (Phi) is 5.88. The Morgan fingerprint density at radius 1 is 1.25 bits per heavy atom. The van der Waals surface area contributed by atoms with Gasteiger partial charge >= 0.3 is 5.69 Å². The largest absolute Gasteiger partial charge is 0.497 e. The summed E-state index contributed by atoms with van der Waals surface area (Å²) >= 11 is 3.41. The lowest BCUT2D eigenvalue weighted by molar-refractivity contribution is 0.414. The van der Waals surface area contributed by atoms with Gasteiger partial charge in [0.05, 0.1) is 7.11 Å². The first-order valence-electron chi connectivity index (χ1n) is 8.95. The van der Waals surface area contributed by atoms with Gasteiger partial charge in [-0.25, -0.2) is 9.78 Å². The number of hydrogen-bond donors (Lipinski definition) is 0. The van der Waals surface area contributed by atoms with Crippen LogP contribution < -0.4 is 16.0 Å². The molecule has 0 aliphatic rings. The minimum absolute atomic E-state index is 0.278. The number of nitrogens with zero attached hydrogens (tertiary/aromatic N) is 4. The number of fused-ring (bicyclic) bond motifs is 1. The van der Waals surface area contributed by atoms with Gasteiger partial charge in [-0.2, -0.15) is 0 Å². The molecule has 3 aromatic rings. The zero-order valence-electron chi connectivity index (χ0n) is 16.4. The van der Waals surface area contributed by atoms with Crippen molar-refractivity contribution < 1.29 is 4.74 Å². The van der Waals surface area contributed by atoms with Crippen molar-refractivity contribution in [2.75, 3.05) is 7.11 Å². The third kappa shape index (κ3) is 3.82. The average molecular weight is 447 g/mol. The summed E-state index contributed by atoms with van der Waals surface area (Å²) in [6.07, 6.45) is 2.55. The molecule has 0 amide bonds. The lowest BCUT2D eigenvalue weighted by Crippen LogP contribution is -2.40. The molecule has 0 aliphatic heterocycles. The Balaban J connectivity index is 2.07. The van der Waals surface area contributed by atoms with Gasteiger partial charge in [0, 0.05) is 20.1 Å². The molecular weight excluding hydrogens is 424 g/mol. The van der Waals surface area contributed by atoms with Crippen LogP contribution >= 0.6 is 15.9 Å². The first-order chi connectivity index (χ1) is 13.3. The number of ether oxygens (including phenoxy) is 1. The van der Waals surface area contributed by atoms with Gasteiger partial charge in [-0.1, -0.05) is 23.8 Å². The first kappa shape index (κ1) is 20.1. The minimum atomic E-state index is -0.375. The lowest BCUT2D eigenvalue weighted by atomic mass is 10.1. The van der Waals surface area contributed by atoms with Gasteiger partial charge in [-0.15, -0.1) is 0 Å². The van der Waals surface area contributed by atoms with Crippen molar-refractivity contribution in [3.05, 3.63) is 67.0 Å². The molecule has 0 fully saturated rings. The van der Waals surface area contributed by atoms with Crippen molar-refractivity contribution >= 4 is 27.1 Å². The second-order valence-electron chi connectivity index (χ2n) is 6.85. The molecule has 1 aromatic carbocycles. The summed E-state index contributed by atoms with van der Waals surface area (Å²) < 4.78 is 10.2. The predicted molar refractivity (Wildman–Crippen MR) is 113 cm³/mol. The fourth-order valence-electron chi connectivity index (χ4n) is 3.05. The zero-order valence-corrected chi connectivity index (χ0v) is 18.0. The Morgan fingerprint density at radius 2 is 2.00 bits per heavy atom. The van der Waals surface area contributed by atoms with E-state index in [9.17, 15) is 9.59 Å². The van der Waals surface area contributed by atoms with E-state index in [-0.39, 0.29) is 17.8 Å². The highest BCUT2D eigenvalue weighted by atomic mass is 79.9. The van der Waals surface area contributed by atoms with E-state index < -0.39 is 0 Å². The number of allylic oxidation sites excluding steroid dienone is 2. The van der Waals surface area contributed by atoms with E-state index in [2.05, 4.69) is 20.9 Å². The van der Waals surface area contributed by atoms with Gasteiger partial charge in [-0.05, 0) is 53.9 Å². The smallest absolute Gasteiger partial charge is 0.332 e. The highest BCUT2D eigenvalue weighted by Crippen LogP contribution is 2.17. The molecule has 0 unspecified atom stereocenters. The lowest BCUT2D eigenvalue weighted by Gasteiger charge is -2.10. The average Bonchev–Trinajstić information content (AvgIpc) is 3.01. The van der Waals surface area contributed by atoms with Crippen LogP contribution in [-0.2, 0) is 26.6 Å². The zero-order chi connectivity index (χ0) is 20.4. The van der Waals surface area contributed by atoms with Crippen molar-refractivity contribution in [2.45, 2.75) is 33.4 Å². The van der Waals surface area contributed by atoms with Gasteiger partial charge in [0.25, 0.3) is 5.56 Å². The molecule has 148 valence electrons. The molecule has 0 bridgehead atoms. The third-order valence-electron chi connectivity index (χ3n) is 4.63. The fourth-order valence-corrected chi connectivity index (χ4v) is 3.54. The molecule has 7 nitrogen and oxygen atoms in total. The summed E-state index contributed by atoms with van der Waals surface area (Å²) in [6.45, 7) is 4.77. The summed E-state index contributed by atoms with van der Waals surface area (Å²) in [6, 6.07) is 7.61. The number of rotatable bonds is 6. The summed E-state index contributed by atoms with van der Waals surface area (Å²) in [5, 5.41) is 0. The van der Waals surface area contributed by atoms with Crippen molar-refractivity contribution in [2.24, 2.45) is 7.05 Å². The topological polar surface area (TPSA) is 71.1 Å². The quantitative estimate of drug-likeness (QED) is 0.431. The second kappa shape index (κ2) is 8.18. The number of methoxy groups -OCH3 is 1. The summed E-state index contributed by atoms with van der Waals surface area (Å²) in [4.78, 5) is 30.3. The molecule has 0 radical (unpaired) electrons. The number of benzene rings is 1. The molecule has 0 N–H and O–H groups in total. The Labute approximate surface area is 171 Å². The molecule has 0 saturated heterocycles. The van der Waals surface area contributed by atoms with E-state index in [0.717, 1.165) is 16.9 Å². The predicted octanol–water partition coefficient (Wildman–Crippen LogP) is 2.88. The van der Waals surface area contributed by atoms with Crippen LogP contribution in [0.15, 0.2) is 50.2 Å². The Bertz CT molecular complexity index is 1170. The fraction of sp³-hybridized carbons (Fsp3) is 0.350. The van der Waals surface area contributed by atoms with E-state index in [0.29, 0.717) is 28.9 Å². The Morgan fingerprint density at radius 3 is 2.68 bits per heavy atom. The van der Waals surface area contributed by atoms with E-state index in [1.807, 2.05) is 44.2 Å². The third-order valence-corrected chi connectivity index (χ3v) is 5.23. The van der Waals surface area contributed by atoms with Crippen LogP contribution in [0.2, 0.25) is 0 Å². The number of imidazole rings is 1.